The first-order chi connectivity index (χ1) is 7.63. The largest absolute Gasteiger partial charge is 0.508 e. The molecule has 1 N–H and O–H groups in total. The predicted octanol–water partition coefficient (Wildman–Crippen LogP) is 0.128. The Morgan fingerprint density at radius 1 is 1.56 bits per heavy atom. The summed E-state index contributed by atoms with van der Waals surface area (Å²) in [6.45, 7) is 3.94. The lowest BCUT2D eigenvalue weighted by Gasteiger charge is -2.06. The summed E-state index contributed by atoms with van der Waals surface area (Å²) in [6.07, 6.45) is 0. The molecule has 0 spiro atoms. The third kappa shape index (κ3) is 1.66. The van der Waals surface area contributed by atoms with Crippen LogP contribution in [0.25, 0.3) is 5.57 Å². The molecule has 0 saturated heterocycles. The van der Waals surface area contributed by atoms with Crippen molar-refractivity contribution in [2.75, 3.05) is 6.61 Å². The Bertz CT molecular complexity index is 548. The van der Waals surface area contributed by atoms with E-state index in [4.69, 9.17) is 4.74 Å². The highest BCUT2D eigenvalue weighted by atomic mass is 16.5. The number of nitrogens with zero attached hydrogens (tertiary/aromatic N) is 1. The number of ether oxygens (including phenoxy) is 1. The van der Waals surface area contributed by atoms with Crippen LogP contribution in [0.15, 0.2) is 23.2 Å². The van der Waals surface area contributed by atoms with Crippen molar-refractivity contribution in [2.45, 2.75) is 19.9 Å². The maximum atomic E-state index is 11.7. The van der Waals surface area contributed by atoms with Crippen molar-refractivity contribution >= 4 is 11.5 Å². The van der Waals surface area contributed by atoms with Crippen molar-refractivity contribution in [3.8, 4) is 5.75 Å². The van der Waals surface area contributed by atoms with Crippen LogP contribution in [0.4, 0.5) is 0 Å². The number of carbonyl (C=O) groups excluding carboxylic acids is 1. The highest BCUT2D eigenvalue weighted by Gasteiger charge is 2.23. The van der Waals surface area contributed by atoms with E-state index in [1.807, 2.05) is 6.92 Å². The number of carbonyl (C=O) groups is 1. The molecule has 0 saturated carbocycles. The first kappa shape index (κ1) is 10.7. The first-order valence-electron chi connectivity index (χ1n) is 5.21. The zero-order valence-electron chi connectivity index (χ0n) is 9.23. The molecule has 2 rings (SSSR count). The van der Waals surface area contributed by atoms with Gasteiger partial charge in [0, 0.05) is 5.22 Å². The summed E-state index contributed by atoms with van der Waals surface area (Å²) in [7, 11) is 0. The fourth-order valence-electron chi connectivity index (χ4n) is 1.84. The van der Waals surface area contributed by atoms with Crippen LogP contribution in [0, 0.1) is 0 Å². The Morgan fingerprint density at radius 2 is 2.31 bits per heavy atom. The van der Waals surface area contributed by atoms with Gasteiger partial charge in [0.1, 0.15) is 5.75 Å². The van der Waals surface area contributed by atoms with Crippen molar-refractivity contribution in [3.05, 3.63) is 28.8 Å². The predicted molar refractivity (Wildman–Crippen MR) is 58.4 cm³/mol. The molecule has 0 bridgehead atoms. The van der Waals surface area contributed by atoms with Crippen molar-refractivity contribution in [2.24, 2.45) is 4.99 Å². The number of fused-ring (bicyclic) bond motifs is 1. The topological polar surface area (TPSA) is 58.9 Å². The molecular formula is C12H13NO3. The third-order valence-corrected chi connectivity index (χ3v) is 2.52. The molecule has 1 aromatic carbocycles. The highest BCUT2D eigenvalue weighted by molar-refractivity contribution is 6.11. The number of esters is 1. The van der Waals surface area contributed by atoms with Crippen LogP contribution in [-0.4, -0.2) is 23.7 Å². The third-order valence-electron chi connectivity index (χ3n) is 2.52. The standard InChI is InChI=1S/C12H13NO3/c1-3-16-12(15)11-7(2)13-10-5-4-8(14)6-9(10)11/h4-7,14H,3H2,1-2H3/t7-/m1/s1. The van der Waals surface area contributed by atoms with Crippen LogP contribution >= 0.6 is 0 Å². The Morgan fingerprint density at radius 3 is 3.00 bits per heavy atom. The number of hydrogen-bond acceptors (Lipinski definition) is 4. The van der Waals surface area contributed by atoms with E-state index >= 15 is 0 Å². The molecule has 0 aromatic heterocycles. The summed E-state index contributed by atoms with van der Waals surface area (Å²) >= 11 is 0. The molecule has 4 nitrogen and oxygen atoms in total. The number of aromatic hydroxyl groups is 1. The lowest BCUT2D eigenvalue weighted by molar-refractivity contribution is -0.136. The van der Waals surface area contributed by atoms with Gasteiger partial charge in [-0.2, -0.15) is 0 Å². The van der Waals surface area contributed by atoms with Crippen molar-refractivity contribution < 1.29 is 14.6 Å². The second-order valence-electron chi connectivity index (χ2n) is 3.64. The molecule has 0 aliphatic carbocycles. The van der Waals surface area contributed by atoms with E-state index in [9.17, 15) is 9.90 Å². The molecule has 0 amide bonds. The molecule has 0 unspecified atom stereocenters. The zero-order chi connectivity index (χ0) is 11.7. The highest BCUT2D eigenvalue weighted by Crippen LogP contribution is 2.12. The molecule has 0 radical (unpaired) electrons. The maximum Gasteiger partial charge on any atom is 0.336 e. The van der Waals surface area contributed by atoms with Gasteiger partial charge in [0.25, 0.3) is 0 Å². The fraction of sp³-hybridized carbons (Fsp3) is 0.333. The van der Waals surface area contributed by atoms with Crippen LogP contribution < -0.4 is 10.6 Å². The van der Waals surface area contributed by atoms with Crippen molar-refractivity contribution in [1.82, 2.24) is 0 Å². The molecule has 0 fully saturated rings. The number of phenols is 1. The first-order valence-corrected chi connectivity index (χ1v) is 5.21. The molecule has 1 aliphatic rings. The van der Waals surface area contributed by atoms with Gasteiger partial charge in [0.05, 0.1) is 23.6 Å². The second kappa shape index (κ2) is 3.96. The van der Waals surface area contributed by atoms with Crippen molar-refractivity contribution in [3.63, 3.8) is 0 Å². The van der Waals surface area contributed by atoms with E-state index in [-0.39, 0.29) is 17.8 Å². The molecule has 1 aliphatic heterocycles. The lowest BCUT2D eigenvalue weighted by Crippen LogP contribution is -2.26. The summed E-state index contributed by atoms with van der Waals surface area (Å²) in [5.74, 6) is -0.229. The van der Waals surface area contributed by atoms with Crippen LogP contribution in [0.5, 0.6) is 5.75 Å². The molecule has 84 valence electrons. The van der Waals surface area contributed by atoms with Gasteiger partial charge in [-0.25, -0.2) is 4.79 Å². The van der Waals surface area contributed by atoms with E-state index in [0.29, 0.717) is 17.4 Å². The van der Waals surface area contributed by atoms with Gasteiger partial charge in [-0.05, 0) is 32.0 Å². The minimum atomic E-state index is -0.358. The molecular weight excluding hydrogens is 206 g/mol. The smallest absolute Gasteiger partial charge is 0.336 e. The average Bonchev–Trinajstić information content (AvgIpc) is 2.53. The normalized spacial score (nSPS) is 17.9. The Labute approximate surface area is 92.9 Å². The molecule has 1 heterocycles. The Kier molecular flexibility index (Phi) is 2.64. The van der Waals surface area contributed by atoms with E-state index in [2.05, 4.69) is 4.99 Å². The molecule has 1 aromatic rings. The summed E-state index contributed by atoms with van der Waals surface area (Å²) in [4.78, 5) is 16.1. The summed E-state index contributed by atoms with van der Waals surface area (Å²) in [6, 6.07) is 4.60. The van der Waals surface area contributed by atoms with Crippen LogP contribution in [0.2, 0.25) is 0 Å². The number of benzene rings is 1. The molecule has 4 heteroatoms. The van der Waals surface area contributed by atoms with Gasteiger partial charge < -0.3 is 9.84 Å². The zero-order valence-corrected chi connectivity index (χ0v) is 9.23. The van der Waals surface area contributed by atoms with Crippen molar-refractivity contribution in [1.29, 1.82) is 0 Å². The van der Waals surface area contributed by atoms with E-state index < -0.39 is 0 Å². The Hall–Kier alpha value is -1.84. The minimum Gasteiger partial charge on any atom is -0.508 e. The van der Waals surface area contributed by atoms with Gasteiger partial charge in [-0.3, -0.25) is 4.99 Å². The van der Waals surface area contributed by atoms with Gasteiger partial charge >= 0.3 is 5.97 Å². The van der Waals surface area contributed by atoms with Gasteiger partial charge in [-0.1, -0.05) is 0 Å². The van der Waals surface area contributed by atoms with Crippen LogP contribution in [-0.2, 0) is 9.53 Å². The van der Waals surface area contributed by atoms with Crippen LogP contribution in [0.1, 0.15) is 13.8 Å². The molecule has 16 heavy (non-hydrogen) atoms. The van der Waals surface area contributed by atoms with Gasteiger partial charge in [-0.15, -0.1) is 0 Å². The van der Waals surface area contributed by atoms with Crippen LogP contribution in [0.3, 0.4) is 0 Å². The van der Waals surface area contributed by atoms with E-state index in [1.54, 1.807) is 25.1 Å². The minimum absolute atomic E-state index is 0.129. The van der Waals surface area contributed by atoms with Gasteiger partial charge in [0.2, 0.25) is 0 Å². The lowest BCUT2D eigenvalue weighted by atomic mass is 10.1. The molecule has 1 atom stereocenters. The quantitative estimate of drug-likeness (QED) is 0.719. The average molecular weight is 219 g/mol. The number of rotatable bonds is 2. The summed E-state index contributed by atoms with van der Waals surface area (Å²) < 4.78 is 4.98. The fourth-order valence-corrected chi connectivity index (χ4v) is 1.84. The van der Waals surface area contributed by atoms with E-state index in [0.717, 1.165) is 5.36 Å². The maximum absolute atomic E-state index is 11.7. The number of hydrogen-bond donors (Lipinski definition) is 1. The number of phenolic OH excluding ortho intramolecular Hbond substituents is 1. The second-order valence-corrected chi connectivity index (χ2v) is 3.64. The summed E-state index contributed by atoms with van der Waals surface area (Å²) in [5, 5.41) is 10.8. The monoisotopic (exact) mass is 219 g/mol. The summed E-state index contributed by atoms with van der Waals surface area (Å²) in [5.41, 5.74) is 0.521. The Balaban J connectivity index is 2.62. The SMILES string of the molecule is CCOC(=O)C1=c2cc(O)ccc2=N[C@@H]1C. The van der Waals surface area contributed by atoms with E-state index in [1.165, 1.54) is 0 Å². The van der Waals surface area contributed by atoms with Gasteiger partial charge in [0.15, 0.2) is 0 Å².